The Morgan fingerprint density at radius 3 is 2.08 bits per heavy atom. The van der Waals surface area contributed by atoms with Gasteiger partial charge in [-0.05, 0) is 12.8 Å². The molecule has 5 N–H and O–H groups in total. The second kappa shape index (κ2) is 3.33. The first-order valence-electron chi connectivity index (χ1n) is 4.29. The molecule has 0 bridgehead atoms. The summed E-state index contributed by atoms with van der Waals surface area (Å²) in [5, 5.41) is 9.56. The van der Waals surface area contributed by atoms with E-state index in [4.69, 9.17) is 11.5 Å². The van der Waals surface area contributed by atoms with Crippen molar-refractivity contribution in [2.75, 3.05) is 0 Å². The average molecular weight is 186 g/mol. The first-order valence-corrected chi connectivity index (χ1v) is 4.29. The summed E-state index contributed by atoms with van der Waals surface area (Å²) in [6.45, 7) is 0. The summed E-state index contributed by atoms with van der Waals surface area (Å²) in [5.41, 5.74) is 8.66. The van der Waals surface area contributed by atoms with Crippen molar-refractivity contribution < 1.29 is 14.7 Å². The number of carbonyl (C=O) groups excluding carboxylic acids is 2. The summed E-state index contributed by atoms with van der Waals surface area (Å²) in [4.78, 5) is 22.2. The molecule has 1 aliphatic rings. The number of nitrogens with two attached hydrogens (primary N) is 2. The van der Waals surface area contributed by atoms with Gasteiger partial charge in [-0.25, -0.2) is 0 Å². The third-order valence-corrected chi connectivity index (χ3v) is 2.75. The van der Waals surface area contributed by atoms with Gasteiger partial charge in [0.05, 0.1) is 6.10 Å². The van der Waals surface area contributed by atoms with Gasteiger partial charge in [-0.15, -0.1) is 0 Å². The molecule has 0 radical (unpaired) electrons. The summed E-state index contributed by atoms with van der Waals surface area (Å²) in [5.74, 6) is -1.63. The van der Waals surface area contributed by atoms with E-state index in [0.717, 1.165) is 6.42 Å². The topological polar surface area (TPSA) is 106 Å². The van der Waals surface area contributed by atoms with Crippen LogP contribution in [0.25, 0.3) is 0 Å². The van der Waals surface area contributed by atoms with Gasteiger partial charge in [0.2, 0.25) is 11.8 Å². The van der Waals surface area contributed by atoms with Crippen LogP contribution in [0.4, 0.5) is 0 Å². The van der Waals surface area contributed by atoms with Gasteiger partial charge in [0, 0.05) is 0 Å². The first-order chi connectivity index (χ1) is 6.01. The van der Waals surface area contributed by atoms with Gasteiger partial charge < -0.3 is 16.6 Å². The Morgan fingerprint density at radius 2 is 1.77 bits per heavy atom. The molecule has 0 aromatic carbocycles. The maximum absolute atomic E-state index is 11.1. The molecule has 5 heteroatoms. The molecule has 1 aliphatic carbocycles. The van der Waals surface area contributed by atoms with Gasteiger partial charge in [-0.3, -0.25) is 9.59 Å². The molecular formula is C8H14N2O3. The maximum atomic E-state index is 11.1. The predicted octanol–water partition coefficient (Wildman–Crippen LogP) is -1.12. The molecule has 0 heterocycles. The van der Waals surface area contributed by atoms with Crippen LogP contribution in [0, 0.1) is 5.41 Å². The van der Waals surface area contributed by atoms with E-state index < -0.39 is 23.3 Å². The second-order valence-electron chi connectivity index (χ2n) is 3.46. The fraction of sp³-hybridized carbons (Fsp3) is 0.750. The maximum Gasteiger partial charge on any atom is 0.235 e. The lowest BCUT2D eigenvalue weighted by atomic mass is 9.70. The number of rotatable bonds is 2. The molecule has 74 valence electrons. The minimum absolute atomic E-state index is 0.263. The molecule has 1 unspecified atom stereocenters. The third-order valence-electron chi connectivity index (χ3n) is 2.75. The largest absolute Gasteiger partial charge is 0.391 e. The zero-order chi connectivity index (χ0) is 10.1. The Morgan fingerprint density at radius 1 is 1.23 bits per heavy atom. The van der Waals surface area contributed by atoms with E-state index in [1.165, 1.54) is 0 Å². The van der Waals surface area contributed by atoms with Crippen LogP contribution in [0.5, 0.6) is 0 Å². The van der Waals surface area contributed by atoms with Crippen LogP contribution in [-0.2, 0) is 9.59 Å². The predicted molar refractivity (Wildman–Crippen MR) is 45.3 cm³/mol. The lowest BCUT2D eigenvalue weighted by Crippen LogP contribution is -2.56. The molecular weight excluding hydrogens is 172 g/mol. The average Bonchev–Trinajstić information content (AvgIpc) is 2.04. The van der Waals surface area contributed by atoms with Crippen LogP contribution < -0.4 is 11.5 Å². The molecule has 0 saturated heterocycles. The van der Waals surface area contributed by atoms with Crippen molar-refractivity contribution in [3.8, 4) is 0 Å². The zero-order valence-corrected chi connectivity index (χ0v) is 7.32. The molecule has 2 amide bonds. The fourth-order valence-corrected chi connectivity index (χ4v) is 1.85. The monoisotopic (exact) mass is 186 g/mol. The fourth-order valence-electron chi connectivity index (χ4n) is 1.85. The molecule has 0 aromatic rings. The Balaban J connectivity index is 3.00. The van der Waals surface area contributed by atoms with Crippen molar-refractivity contribution in [3.63, 3.8) is 0 Å². The van der Waals surface area contributed by atoms with Crippen LogP contribution in [-0.4, -0.2) is 23.0 Å². The smallest absolute Gasteiger partial charge is 0.235 e. The van der Waals surface area contributed by atoms with Crippen molar-refractivity contribution in [2.24, 2.45) is 16.9 Å². The van der Waals surface area contributed by atoms with E-state index in [1.807, 2.05) is 0 Å². The number of hydrogen-bond donors (Lipinski definition) is 3. The van der Waals surface area contributed by atoms with Gasteiger partial charge in [-0.2, -0.15) is 0 Å². The van der Waals surface area contributed by atoms with Gasteiger partial charge in [0.1, 0.15) is 0 Å². The van der Waals surface area contributed by atoms with Crippen molar-refractivity contribution in [1.82, 2.24) is 0 Å². The molecule has 1 fully saturated rings. The molecule has 0 spiro atoms. The van der Waals surface area contributed by atoms with E-state index in [0.29, 0.717) is 12.8 Å². The summed E-state index contributed by atoms with van der Waals surface area (Å²) in [7, 11) is 0. The minimum atomic E-state index is -1.53. The molecule has 5 nitrogen and oxygen atoms in total. The van der Waals surface area contributed by atoms with E-state index >= 15 is 0 Å². The summed E-state index contributed by atoms with van der Waals surface area (Å²) in [6, 6.07) is 0. The highest BCUT2D eigenvalue weighted by molar-refractivity contribution is 6.04. The van der Waals surface area contributed by atoms with Crippen LogP contribution in [0.2, 0.25) is 0 Å². The number of aliphatic hydroxyl groups is 1. The summed E-state index contributed by atoms with van der Waals surface area (Å²) < 4.78 is 0. The molecule has 1 rings (SSSR count). The molecule has 1 saturated carbocycles. The number of carbonyl (C=O) groups is 2. The van der Waals surface area contributed by atoms with Gasteiger partial charge >= 0.3 is 0 Å². The van der Waals surface area contributed by atoms with Crippen molar-refractivity contribution in [1.29, 1.82) is 0 Å². The summed E-state index contributed by atoms with van der Waals surface area (Å²) >= 11 is 0. The van der Waals surface area contributed by atoms with E-state index in [1.54, 1.807) is 0 Å². The highest BCUT2D eigenvalue weighted by Crippen LogP contribution is 2.35. The molecule has 0 aliphatic heterocycles. The van der Waals surface area contributed by atoms with Crippen LogP contribution in [0.3, 0.4) is 0 Å². The highest BCUT2D eigenvalue weighted by atomic mass is 16.3. The SMILES string of the molecule is NC(=O)C1(C(N)=O)CCCCC1O. The Labute approximate surface area is 76.1 Å². The Kier molecular flexibility index (Phi) is 2.56. The van der Waals surface area contributed by atoms with Crippen molar-refractivity contribution >= 4 is 11.8 Å². The van der Waals surface area contributed by atoms with Gasteiger partial charge in [0.25, 0.3) is 0 Å². The third kappa shape index (κ3) is 1.39. The zero-order valence-electron chi connectivity index (χ0n) is 7.32. The van der Waals surface area contributed by atoms with Crippen LogP contribution >= 0.6 is 0 Å². The Bertz CT molecular complexity index is 226. The summed E-state index contributed by atoms with van der Waals surface area (Å²) in [6.07, 6.45) is 1.15. The van der Waals surface area contributed by atoms with Gasteiger partial charge in [-0.1, -0.05) is 12.8 Å². The van der Waals surface area contributed by atoms with E-state index in [-0.39, 0.29) is 6.42 Å². The molecule has 13 heavy (non-hydrogen) atoms. The lowest BCUT2D eigenvalue weighted by molar-refractivity contribution is -0.151. The number of hydrogen-bond acceptors (Lipinski definition) is 3. The quantitative estimate of drug-likeness (QED) is 0.475. The van der Waals surface area contributed by atoms with Crippen LogP contribution in [0.1, 0.15) is 25.7 Å². The highest BCUT2D eigenvalue weighted by Gasteiger charge is 2.50. The number of aliphatic hydroxyl groups excluding tert-OH is 1. The molecule has 0 aromatic heterocycles. The van der Waals surface area contributed by atoms with Crippen molar-refractivity contribution in [2.45, 2.75) is 31.8 Å². The van der Waals surface area contributed by atoms with Gasteiger partial charge in [0.15, 0.2) is 5.41 Å². The number of primary amides is 2. The van der Waals surface area contributed by atoms with Crippen molar-refractivity contribution in [3.05, 3.63) is 0 Å². The first kappa shape index (κ1) is 9.98. The normalized spacial score (nSPS) is 26.7. The molecule has 1 atom stereocenters. The van der Waals surface area contributed by atoms with Crippen LogP contribution in [0.15, 0.2) is 0 Å². The standard InChI is InChI=1S/C8H14N2O3/c9-6(12)8(7(10)13)4-2-1-3-5(8)11/h5,11H,1-4H2,(H2,9,12)(H2,10,13). The number of amides is 2. The lowest BCUT2D eigenvalue weighted by Gasteiger charge is -2.35. The van der Waals surface area contributed by atoms with E-state index in [9.17, 15) is 14.7 Å². The van der Waals surface area contributed by atoms with E-state index in [2.05, 4.69) is 0 Å². The second-order valence-corrected chi connectivity index (χ2v) is 3.46. The minimum Gasteiger partial charge on any atom is -0.391 e. The Hall–Kier alpha value is -1.10.